The van der Waals surface area contributed by atoms with Crippen LogP contribution in [0.2, 0.25) is 0 Å². The summed E-state index contributed by atoms with van der Waals surface area (Å²) in [5.41, 5.74) is -1.23. The third-order valence-electron chi connectivity index (χ3n) is 7.21. The molecular formula is C28H28F8O3. The molecule has 2 aromatic rings. The smallest absolute Gasteiger partial charge is 0.426 e. The maximum Gasteiger partial charge on any atom is 0.573 e. The van der Waals surface area contributed by atoms with Gasteiger partial charge in [-0.05, 0) is 80.2 Å². The van der Waals surface area contributed by atoms with Crippen molar-refractivity contribution in [1.29, 1.82) is 0 Å². The molecule has 0 radical (unpaired) electrons. The highest BCUT2D eigenvalue weighted by molar-refractivity contribution is 5.66. The van der Waals surface area contributed by atoms with Gasteiger partial charge in [-0.1, -0.05) is 25.5 Å². The molecule has 1 aliphatic heterocycles. The molecule has 214 valence electrons. The minimum Gasteiger partial charge on any atom is -0.426 e. The molecule has 3 atom stereocenters. The molecule has 1 heterocycles. The van der Waals surface area contributed by atoms with Crippen LogP contribution < -0.4 is 9.47 Å². The van der Waals surface area contributed by atoms with E-state index in [1.807, 2.05) is 0 Å². The van der Waals surface area contributed by atoms with Gasteiger partial charge in [0.1, 0.15) is 0 Å². The molecule has 1 fully saturated rings. The van der Waals surface area contributed by atoms with Crippen molar-refractivity contribution in [2.75, 3.05) is 6.61 Å². The van der Waals surface area contributed by atoms with Crippen molar-refractivity contribution in [3.8, 4) is 22.6 Å². The van der Waals surface area contributed by atoms with Gasteiger partial charge in [-0.3, -0.25) is 0 Å². The lowest BCUT2D eigenvalue weighted by atomic mass is 9.81. The number of allylic oxidation sites excluding steroid dienone is 1. The second kappa shape index (κ2) is 11.7. The second-order valence-corrected chi connectivity index (χ2v) is 9.92. The fourth-order valence-corrected chi connectivity index (χ4v) is 5.20. The molecule has 2 aliphatic rings. The van der Waals surface area contributed by atoms with E-state index in [1.54, 1.807) is 0 Å². The van der Waals surface area contributed by atoms with E-state index in [2.05, 4.69) is 16.4 Å². The zero-order valence-electron chi connectivity index (χ0n) is 21.1. The van der Waals surface area contributed by atoms with Crippen molar-refractivity contribution in [3.63, 3.8) is 0 Å². The van der Waals surface area contributed by atoms with E-state index in [9.17, 15) is 35.1 Å². The molecule has 0 bridgehead atoms. The summed E-state index contributed by atoms with van der Waals surface area (Å²) in [5, 5.41) is 0. The van der Waals surface area contributed by atoms with E-state index in [1.165, 1.54) is 6.08 Å². The van der Waals surface area contributed by atoms with Gasteiger partial charge in [0.2, 0.25) is 5.82 Å². The molecule has 1 saturated heterocycles. The van der Waals surface area contributed by atoms with Gasteiger partial charge in [0.15, 0.2) is 23.1 Å². The molecule has 0 aromatic heterocycles. The maximum atomic E-state index is 14.9. The van der Waals surface area contributed by atoms with Crippen molar-refractivity contribution in [1.82, 2.24) is 0 Å². The van der Waals surface area contributed by atoms with Gasteiger partial charge in [0.05, 0.1) is 6.10 Å². The van der Waals surface area contributed by atoms with Crippen molar-refractivity contribution >= 4 is 0 Å². The van der Waals surface area contributed by atoms with Crippen LogP contribution in [0, 0.1) is 29.3 Å². The lowest BCUT2D eigenvalue weighted by Gasteiger charge is -2.36. The van der Waals surface area contributed by atoms with Gasteiger partial charge in [-0.25, -0.2) is 8.78 Å². The summed E-state index contributed by atoms with van der Waals surface area (Å²) in [7, 11) is 0. The van der Waals surface area contributed by atoms with Crippen LogP contribution in [0.5, 0.6) is 11.5 Å². The van der Waals surface area contributed by atoms with E-state index in [0.717, 1.165) is 43.9 Å². The fourth-order valence-electron chi connectivity index (χ4n) is 5.20. The molecule has 11 heteroatoms. The highest BCUT2D eigenvalue weighted by Gasteiger charge is 2.41. The number of alkyl halides is 5. The molecule has 0 spiro atoms. The van der Waals surface area contributed by atoms with Crippen LogP contribution in [-0.2, 0) is 4.74 Å². The van der Waals surface area contributed by atoms with Gasteiger partial charge < -0.3 is 14.2 Å². The topological polar surface area (TPSA) is 27.7 Å². The predicted molar refractivity (Wildman–Crippen MR) is 127 cm³/mol. The minimum absolute atomic E-state index is 0.00320. The zero-order chi connectivity index (χ0) is 28.4. The average molecular weight is 565 g/mol. The summed E-state index contributed by atoms with van der Waals surface area (Å²) >= 11 is 0. The lowest BCUT2D eigenvalue weighted by molar-refractivity contribution is -0.275. The van der Waals surface area contributed by atoms with E-state index in [4.69, 9.17) is 4.74 Å². The number of hydrogen-bond acceptors (Lipinski definition) is 3. The van der Waals surface area contributed by atoms with Crippen LogP contribution in [-0.4, -0.2) is 25.2 Å². The van der Waals surface area contributed by atoms with Gasteiger partial charge in [-0.15, -0.1) is 13.2 Å². The Morgan fingerprint density at radius 2 is 1.64 bits per heavy atom. The van der Waals surface area contributed by atoms with Crippen LogP contribution in [0.15, 0.2) is 42.0 Å². The molecule has 0 N–H and O–H groups in total. The maximum absolute atomic E-state index is 14.9. The molecule has 1 aliphatic carbocycles. The molecule has 0 saturated carbocycles. The molecule has 2 aromatic carbocycles. The van der Waals surface area contributed by atoms with Gasteiger partial charge >= 0.3 is 12.5 Å². The Morgan fingerprint density at radius 3 is 2.23 bits per heavy atom. The predicted octanol–water partition coefficient (Wildman–Crippen LogP) is 8.96. The molecule has 0 amide bonds. The highest BCUT2D eigenvalue weighted by Crippen LogP contribution is 2.41. The van der Waals surface area contributed by atoms with Gasteiger partial charge in [-0.2, -0.15) is 13.2 Å². The first-order valence-corrected chi connectivity index (χ1v) is 12.8. The van der Waals surface area contributed by atoms with Crippen LogP contribution in [0.1, 0.15) is 51.9 Å². The van der Waals surface area contributed by atoms with Crippen molar-refractivity contribution in [2.45, 2.75) is 70.4 Å². The van der Waals surface area contributed by atoms with Crippen LogP contribution in [0.25, 0.3) is 11.1 Å². The summed E-state index contributed by atoms with van der Waals surface area (Å²) in [5.74, 6) is -6.44. The van der Waals surface area contributed by atoms with E-state index >= 15 is 0 Å². The Kier molecular flexibility index (Phi) is 8.78. The number of hydrogen-bond donors (Lipinski definition) is 0. The van der Waals surface area contributed by atoms with Gasteiger partial charge in [0.25, 0.3) is 0 Å². The lowest BCUT2D eigenvalue weighted by Crippen LogP contribution is -2.35. The molecular weight excluding hydrogens is 536 g/mol. The first-order chi connectivity index (χ1) is 18.4. The summed E-state index contributed by atoms with van der Waals surface area (Å²) in [6.07, 6.45) is -2.77. The molecule has 39 heavy (non-hydrogen) atoms. The van der Waals surface area contributed by atoms with Crippen molar-refractivity contribution in [2.24, 2.45) is 11.8 Å². The Labute approximate surface area is 220 Å². The molecule has 4 rings (SSSR count). The monoisotopic (exact) mass is 564 g/mol. The van der Waals surface area contributed by atoms with E-state index in [0.29, 0.717) is 37.5 Å². The van der Waals surface area contributed by atoms with E-state index in [-0.39, 0.29) is 29.6 Å². The first-order valence-electron chi connectivity index (χ1n) is 12.8. The number of rotatable bonds is 8. The Bertz CT molecular complexity index is 1190. The fraction of sp³-hybridized carbons (Fsp3) is 0.500. The van der Waals surface area contributed by atoms with Gasteiger partial charge in [0, 0.05) is 17.7 Å². The molecule has 3 nitrogen and oxygen atoms in total. The summed E-state index contributed by atoms with van der Waals surface area (Å²) in [6, 6.07) is 3.62. The van der Waals surface area contributed by atoms with Crippen LogP contribution in [0.3, 0.4) is 0 Å². The van der Waals surface area contributed by atoms with Crippen molar-refractivity contribution in [3.05, 3.63) is 59.4 Å². The number of halogens is 8. The highest BCUT2D eigenvalue weighted by atomic mass is 19.4. The standard InChI is InChI=1S/C28H28F8O3/c1-2-3-16-4-11-22(37-15-16)17-5-8-19(9-6-17)27(32,33)38-24-13-10-20(25(30)26(24)31)18-7-12-23(21(29)14-18)39-28(34,35)36/h7-8,10,12-14,16-17,22H,2-6,9,11,15H2,1H3. The molecule has 3 unspecified atom stereocenters. The van der Waals surface area contributed by atoms with Crippen LogP contribution >= 0.6 is 0 Å². The normalized spacial score (nSPS) is 22.4. The third-order valence-corrected chi connectivity index (χ3v) is 7.21. The number of benzene rings is 2. The summed E-state index contributed by atoms with van der Waals surface area (Å²) < 4.78 is 124. The minimum atomic E-state index is -5.15. The summed E-state index contributed by atoms with van der Waals surface area (Å²) in [6.45, 7) is 2.79. The largest absolute Gasteiger partial charge is 0.573 e. The van der Waals surface area contributed by atoms with Crippen LogP contribution in [0.4, 0.5) is 35.1 Å². The third kappa shape index (κ3) is 7.04. The Hall–Kier alpha value is -2.82. The first kappa shape index (κ1) is 29.2. The Morgan fingerprint density at radius 1 is 0.897 bits per heavy atom. The SMILES string of the molecule is CCCC1CCC(C2CC=C(C(F)(F)Oc3ccc(-c4ccc(OC(F)(F)F)c(F)c4)c(F)c3F)CC2)OC1. The van der Waals surface area contributed by atoms with E-state index < -0.39 is 47.0 Å². The zero-order valence-corrected chi connectivity index (χ0v) is 21.1. The summed E-state index contributed by atoms with van der Waals surface area (Å²) in [4.78, 5) is 0. The second-order valence-electron chi connectivity index (χ2n) is 9.92. The van der Waals surface area contributed by atoms with Crippen molar-refractivity contribution < 1.29 is 49.3 Å². The number of ether oxygens (including phenoxy) is 3. The Balaban J connectivity index is 1.43. The quantitative estimate of drug-likeness (QED) is 0.237. The average Bonchev–Trinajstić information content (AvgIpc) is 2.88.